The van der Waals surface area contributed by atoms with Crippen molar-refractivity contribution in [1.82, 2.24) is 0 Å². The van der Waals surface area contributed by atoms with Crippen LogP contribution in [0.15, 0.2) is 54.6 Å². The number of halogens is 1. The molecule has 0 saturated heterocycles. The van der Waals surface area contributed by atoms with Crippen molar-refractivity contribution < 1.29 is 9.90 Å². The van der Waals surface area contributed by atoms with E-state index in [9.17, 15) is 9.90 Å². The molecule has 0 fully saturated rings. The summed E-state index contributed by atoms with van der Waals surface area (Å²) in [5.41, 5.74) is 1.46. The van der Waals surface area contributed by atoms with Gasteiger partial charge in [0.1, 0.15) is 5.75 Å². The van der Waals surface area contributed by atoms with Gasteiger partial charge in [0.15, 0.2) is 5.78 Å². The molecular weight excluding hydrogens is 339 g/mol. The quantitative estimate of drug-likeness (QED) is 0.518. The summed E-state index contributed by atoms with van der Waals surface area (Å²) in [7, 11) is 0. The lowest BCUT2D eigenvalue weighted by Crippen LogP contribution is -1.93. The molecule has 2 aromatic carbocycles. The Morgan fingerprint density at radius 2 is 1.83 bits per heavy atom. The Morgan fingerprint density at radius 1 is 1.11 bits per heavy atom. The number of benzene rings is 2. The van der Waals surface area contributed by atoms with Gasteiger partial charge in [-0.1, -0.05) is 30.3 Å². The molecule has 18 heavy (non-hydrogen) atoms. The Kier molecular flexibility index (Phi) is 4.15. The predicted molar refractivity (Wildman–Crippen MR) is 80.6 cm³/mol. The van der Waals surface area contributed by atoms with Gasteiger partial charge in [-0.2, -0.15) is 0 Å². The third-order valence-corrected chi connectivity index (χ3v) is 3.15. The van der Waals surface area contributed by atoms with Crippen LogP contribution in [0.25, 0.3) is 6.08 Å². The molecule has 2 aromatic rings. The second-order valence-corrected chi connectivity index (χ2v) is 5.05. The third kappa shape index (κ3) is 3.43. The number of phenolic OH excluding ortho intramolecular Hbond substituents is 1. The van der Waals surface area contributed by atoms with E-state index in [0.717, 1.165) is 9.13 Å². The maximum absolute atomic E-state index is 11.9. The van der Waals surface area contributed by atoms with Crippen LogP contribution < -0.4 is 0 Å². The van der Waals surface area contributed by atoms with Gasteiger partial charge < -0.3 is 5.11 Å². The predicted octanol–water partition coefficient (Wildman–Crippen LogP) is 3.89. The molecule has 2 rings (SSSR count). The molecule has 0 amide bonds. The van der Waals surface area contributed by atoms with Crippen LogP contribution in [0.5, 0.6) is 5.75 Å². The standard InChI is InChI=1S/C15H11IO2/c16-13-7-5-12(6-8-13)15(18)9-4-11-2-1-3-14(17)10-11/h1-10,17H/b9-4+. The van der Waals surface area contributed by atoms with Crippen LogP contribution in [-0.2, 0) is 0 Å². The summed E-state index contributed by atoms with van der Waals surface area (Å²) in [6.07, 6.45) is 3.21. The highest BCUT2D eigenvalue weighted by atomic mass is 127. The number of rotatable bonds is 3. The summed E-state index contributed by atoms with van der Waals surface area (Å²) in [6, 6.07) is 14.2. The van der Waals surface area contributed by atoms with E-state index in [1.54, 1.807) is 36.4 Å². The van der Waals surface area contributed by atoms with E-state index < -0.39 is 0 Å². The van der Waals surface area contributed by atoms with Crippen LogP contribution in [0.1, 0.15) is 15.9 Å². The number of hydrogen-bond acceptors (Lipinski definition) is 2. The van der Waals surface area contributed by atoms with Crippen LogP contribution in [-0.4, -0.2) is 10.9 Å². The molecule has 0 bridgehead atoms. The monoisotopic (exact) mass is 350 g/mol. The SMILES string of the molecule is O=C(/C=C/c1cccc(O)c1)c1ccc(I)cc1. The number of allylic oxidation sites excluding steroid dienone is 1. The minimum Gasteiger partial charge on any atom is -0.508 e. The molecule has 0 saturated carbocycles. The first kappa shape index (κ1) is 12.8. The topological polar surface area (TPSA) is 37.3 Å². The molecule has 0 heterocycles. The number of carbonyl (C=O) groups excluding carboxylic acids is 1. The molecule has 0 aliphatic rings. The highest BCUT2D eigenvalue weighted by molar-refractivity contribution is 14.1. The molecule has 0 spiro atoms. The minimum atomic E-state index is -0.0465. The fraction of sp³-hybridized carbons (Fsp3) is 0. The highest BCUT2D eigenvalue weighted by Crippen LogP contribution is 2.13. The number of phenols is 1. The molecule has 2 nitrogen and oxygen atoms in total. The minimum absolute atomic E-state index is 0.0465. The molecule has 1 N–H and O–H groups in total. The largest absolute Gasteiger partial charge is 0.508 e. The maximum atomic E-state index is 11.9. The van der Waals surface area contributed by atoms with Gasteiger partial charge in [-0.05, 0) is 58.5 Å². The Bertz CT molecular complexity index is 586. The zero-order chi connectivity index (χ0) is 13.0. The summed E-state index contributed by atoms with van der Waals surface area (Å²) < 4.78 is 1.10. The molecule has 0 aliphatic carbocycles. The van der Waals surface area contributed by atoms with E-state index in [2.05, 4.69) is 22.6 Å². The van der Waals surface area contributed by atoms with Gasteiger partial charge in [0, 0.05) is 9.13 Å². The Balaban J connectivity index is 2.14. The normalized spacial score (nSPS) is 10.7. The van der Waals surface area contributed by atoms with Crippen molar-refractivity contribution >= 4 is 34.5 Å². The van der Waals surface area contributed by atoms with Crippen molar-refractivity contribution in [2.75, 3.05) is 0 Å². The van der Waals surface area contributed by atoms with E-state index in [-0.39, 0.29) is 11.5 Å². The number of ketones is 1. The first-order chi connectivity index (χ1) is 8.65. The Hall–Kier alpha value is -1.62. The zero-order valence-corrected chi connectivity index (χ0v) is 11.7. The summed E-state index contributed by atoms with van der Waals surface area (Å²) in [5.74, 6) is 0.147. The third-order valence-electron chi connectivity index (χ3n) is 2.43. The van der Waals surface area contributed by atoms with Gasteiger partial charge in [-0.25, -0.2) is 0 Å². The van der Waals surface area contributed by atoms with Crippen LogP contribution in [0, 0.1) is 3.57 Å². The van der Waals surface area contributed by atoms with Gasteiger partial charge in [-0.3, -0.25) is 4.79 Å². The van der Waals surface area contributed by atoms with Crippen molar-refractivity contribution in [2.45, 2.75) is 0 Å². The smallest absolute Gasteiger partial charge is 0.185 e. The number of carbonyl (C=O) groups is 1. The van der Waals surface area contributed by atoms with Gasteiger partial charge in [0.2, 0.25) is 0 Å². The molecule has 0 atom stereocenters. The molecule has 0 unspecified atom stereocenters. The summed E-state index contributed by atoms with van der Waals surface area (Å²) >= 11 is 2.20. The van der Waals surface area contributed by atoms with Crippen molar-refractivity contribution in [3.05, 3.63) is 69.3 Å². The molecule has 90 valence electrons. The zero-order valence-electron chi connectivity index (χ0n) is 9.51. The van der Waals surface area contributed by atoms with Crippen molar-refractivity contribution in [3.63, 3.8) is 0 Å². The number of aromatic hydroxyl groups is 1. The first-order valence-corrected chi connectivity index (χ1v) is 6.50. The van der Waals surface area contributed by atoms with E-state index in [1.165, 1.54) is 6.08 Å². The first-order valence-electron chi connectivity index (χ1n) is 5.42. The van der Waals surface area contributed by atoms with E-state index >= 15 is 0 Å². The van der Waals surface area contributed by atoms with Crippen molar-refractivity contribution in [1.29, 1.82) is 0 Å². The van der Waals surface area contributed by atoms with Crippen LogP contribution >= 0.6 is 22.6 Å². The van der Waals surface area contributed by atoms with E-state index in [4.69, 9.17) is 0 Å². The second kappa shape index (κ2) is 5.82. The summed E-state index contributed by atoms with van der Waals surface area (Å²) in [5, 5.41) is 9.31. The molecule has 0 aliphatic heterocycles. The fourth-order valence-corrected chi connectivity index (χ4v) is 1.87. The molecule has 0 radical (unpaired) electrons. The van der Waals surface area contributed by atoms with Crippen molar-refractivity contribution in [3.8, 4) is 5.75 Å². The second-order valence-electron chi connectivity index (χ2n) is 3.80. The van der Waals surface area contributed by atoms with E-state index in [0.29, 0.717) is 5.56 Å². The van der Waals surface area contributed by atoms with Crippen LogP contribution in [0.3, 0.4) is 0 Å². The fourth-order valence-electron chi connectivity index (χ4n) is 1.51. The summed E-state index contributed by atoms with van der Waals surface area (Å²) in [6.45, 7) is 0. The van der Waals surface area contributed by atoms with Crippen molar-refractivity contribution in [2.24, 2.45) is 0 Å². The lowest BCUT2D eigenvalue weighted by Gasteiger charge is -1.97. The number of hydrogen-bond donors (Lipinski definition) is 1. The molecule has 3 heteroatoms. The lowest BCUT2D eigenvalue weighted by molar-refractivity contribution is 0.104. The van der Waals surface area contributed by atoms with Gasteiger partial charge >= 0.3 is 0 Å². The van der Waals surface area contributed by atoms with E-state index in [1.807, 2.05) is 18.2 Å². The average molecular weight is 350 g/mol. The maximum Gasteiger partial charge on any atom is 0.185 e. The molecular formula is C15H11IO2. The Labute approximate surface area is 119 Å². The van der Waals surface area contributed by atoms with Gasteiger partial charge in [0.05, 0.1) is 0 Å². The Morgan fingerprint density at radius 3 is 2.50 bits per heavy atom. The average Bonchev–Trinajstić information content (AvgIpc) is 2.37. The molecule has 0 aromatic heterocycles. The summed E-state index contributed by atoms with van der Waals surface area (Å²) in [4.78, 5) is 11.9. The van der Waals surface area contributed by atoms with Crippen LogP contribution in [0.2, 0.25) is 0 Å². The van der Waals surface area contributed by atoms with Gasteiger partial charge in [-0.15, -0.1) is 0 Å². The highest BCUT2D eigenvalue weighted by Gasteiger charge is 2.00. The lowest BCUT2D eigenvalue weighted by atomic mass is 10.1. The van der Waals surface area contributed by atoms with Crippen LogP contribution in [0.4, 0.5) is 0 Å². The van der Waals surface area contributed by atoms with Gasteiger partial charge in [0.25, 0.3) is 0 Å².